The van der Waals surface area contributed by atoms with Crippen LogP contribution in [-0.2, 0) is 6.42 Å². The minimum Gasteiger partial charge on any atom is -0.330 e. The molecule has 1 saturated heterocycles. The summed E-state index contributed by atoms with van der Waals surface area (Å²) in [4.78, 5) is 4.22. The molecule has 2 N–H and O–H groups in total. The van der Waals surface area contributed by atoms with E-state index < -0.39 is 0 Å². The van der Waals surface area contributed by atoms with E-state index in [0.717, 1.165) is 12.3 Å². The van der Waals surface area contributed by atoms with Crippen molar-refractivity contribution in [1.82, 2.24) is 9.55 Å². The topological polar surface area (TPSA) is 43.8 Å². The monoisotopic (exact) mass is 211 g/mol. The van der Waals surface area contributed by atoms with E-state index in [0.29, 0.717) is 12.6 Å². The number of aromatic nitrogens is 2. The van der Waals surface area contributed by atoms with Crippen LogP contribution in [0.2, 0.25) is 0 Å². The summed E-state index contributed by atoms with van der Waals surface area (Å²) >= 11 is 2.04. The number of thioether (sulfide) groups is 1. The molecule has 3 nitrogen and oxygen atoms in total. The molecular formula is C10H17N3S. The Labute approximate surface area is 89.1 Å². The maximum absolute atomic E-state index is 5.58. The molecule has 1 fully saturated rings. The van der Waals surface area contributed by atoms with Gasteiger partial charge in [-0.2, -0.15) is 11.8 Å². The minimum absolute atomic E-state index is 0.629. The van der Waals surface area contributed by atoms with E-state index in [4.69, 9.17) is 5.73 Å². The lowest BCUT2D eigenvalue weighted by atomic mass is 10.1. The summed E-state index contributed by atoms with van der Waals surface area (Å²) in [6.45, 7) is 3.02. The van der Waals surface area contributed by atoms with Crippen LogP contribution in [0.4, 0.5) is 0 Å². The molecular weight excluding hydrogens is 194 g/mol. The van der Waals surface area contributed by atoms with Crippen molar-refractivity contribution in [1.29, 1.82) is 0 Å². The molecule has 0 radical (unpaired) electrons. The van der Waals surface area contributed by atoms with Crippen LogP contribution in [0.1, 0.15) is 18.7 Å². The van der Waals surface area contributed by atoms with Crippen LogP contribution >= 0.6 is 11.8 Å². The van der Waals surface area contributed by atoms with Gasteiger partial charge in [0.1, 0.15) is 0 Å². The highest BCUT2D eigenvalue weighted by atomic mass is 32.2. The zero-order valence-corrected chi connectivity index (χ0v) is 9.33. The lowest BCUT2D eigenvalue weighted by molar-refractivity contribution is 0.427. The van der Waals surface area contributed by atoms with Crippen molar-refractivity contribution in [3.63, 3.8) is 0 Å². The maximum Gasteiger partial charge on any atom is 0.0951 e. The molecule has 4 heteroatoms. The van der Waals surface area contributed by atoms with E-state index in [1.165, 1.54) is 17.2 Å². The van der Waals surface area contributed by atoms with Crippen molar-refractivity contribution in [2.45, 2.75) is 19.4 Å². The molecule has 0 amide bonds. The number of hydrogen-bond acceptors (Lipinski definition) is 3. The number of hydrogen-bond donors (Lipinski definition) is 1. The number of imidazole rings is 1. The first-order chi connectivity index (χ1) is 6.83. The molecule has 0 aromatic carbocycles. The van der Waals surface area contributed by atoms with Gasteiger partial charge in [0.15, 0.2) is 0 Å². The van der Waals surface area contributed by atoms with Gasteiger partial charge in [-0.3, -0.25) is 0 Å². The quantitative estimate of drug-likeness (QED) is 0.820. The SMILES string of the molecule is CC1CSCC1n1cncc1CCN. The van der Waals surface area contributed by atoms with Crippen molar-refractivity contribution in [2.75, 3.05) is 18.1 Å². The van der Waals surface area contributed by atoms with Gasteiger partial charge in [-0.25, -0.2) is 4.98 Å². The lowest BCUT2D eigenvalue weighted by Crippen LogP contribution is -2.18. The Hall–Kier alpha value is -0.480. The summed E-state index contributed by atoms with van der Waals surface area (Å²) in [5, 5.41) is 0. The summed E-state index contributed by atoms with van der Waals surface area (Å²) in [6.07, 6.45) is 4.84. The molecule has 1 aromatic heterocycles. The molecule has 2 unspecified atom stereocenters. The van der Waals surface area contributed by atoms with Gasteiger partial charge in [0.05, 0.1) is 6.33 Å². The third-order valence-electron chi connectivity index (χ3n) is 2.83. The number of nitrogens with zero attached hydrogens (tertiary/aromatic N) is 2. The van der Waals surface area contributed by atoms with Gasteiger partial charge in [0.25, 0.3) is 0 Å². The van der Waals surface area contributed by atoms with Crippen molar-refractivity contribution in [3.05, 3.63) is 18.2 Å². The van der Waals surface area contributed by atoms with Gasteiger partial charge in [-0.1, -0.05) is 6.92 Å². The molecule has 0 spiro atoms. The first-order valence-corrected chi connectivity index (χ1v) is 6.27. The third-order valence-corrected chi connectivity index (χ3v) is 4.17. The molecule has 1 aromatic rings. The van der Waals surface area contributed by atoms with Gasteiger partial charge >= 0.3 is 0 Å². The standard InChI is InChI=1S/C10H17N3S/c1-8-5-14-6-10(8)13-7-12-4-9(13)2-3-11/h4,7-8,10H,2-3,5-6,11H2,1H3. The Morgan fingerprint density at radius 1 is 1.64 bits per heavy atom. The van der Waals surface area contributed by atoms with Gasteiger partial charge in [-0.05, 0) is 18.2 Å². The molecule has 78 valence electrons. The van der Waals surface area contributed by atoms with E-state index in [1.807, 2.05) is 24.3 Å². The van der Waals surface area contributed by atoms with Crippen molar-refractivity contribution in [3.8, 4) is 0 Å². The van der Waals surface area contributed by atoms with Crippen molar-refractivity contribution >= 4 is 11.8 Å². The Bertz CT molecular complexity index is 297. The fourth-order valence-electron chi connectivity index (χ4n) is 1.98. The van der Waals surface area contributed by atoms with Crippen LogP contribution in [0.3, 0.4) is 0 Å². The van der Waals surface area contributed by atoms with Crippen LogP contribution in [-0.4, -0.2) is 27.6 Å². The Morgan fingerprint density at radius 3 is 3.14 bits per heavy atom. The van der Waals surface area contributed by atoms with Crippen LogP contribution in [0, 0.1) is 5.92 Å². The summed E-state index contributed by atoms with van der Waals surface area (Å²) in [7, 11) is 0. The first kappa shape index (κ1) is 10.1. The predicted molar refractivity (Wildman–Crippen MR) is 60.5 cm³/mol. The molecule has 14 heavy (non-hydrogen) atoms. The summed E-state index contributed by atoms with van der Waals surface area (Å²) < 4.78 is 2.32. The molecule has 2 heterocycles. The summed E-state index contributed by atoms with van der Waals surface area (Å²) in [5.41, 5.74) is 6.86. The van der Waals surface area contributed by atoms with E-state index in [9.17, 15) is 0 Å². The highest BCUT2D eigenvalue weighted by Crippen LogP contribution is 2.33. The second-order valence-electron chi connectivity index (χ2n) is 3.91. The van der Waals surface area contributed by atoms with Crippen molar-refractivity contribution in [2.24, 2.45) is 11.7 Å². The predicted octanol–water partition coefficient (Wildman–Crippen LogP) is 1.31. The van der Waals surface area contributed by atoms with Crippen LogP contribution in [0.25, 0.3) is 0 Å². The minimum atomic E-state index is 0.629. The fourth-order valence-corrected chi connectivity index (χ4v) is 3.44. The zero-order valence-electron chi connectivity index (χ0n) is 8.52. The van der Waals surface area contributed by atoms with Crippen molar-refractivity contribution < 1.29 is 0 Å². The van der Waals surface area contributed by atoms with E-state index in [1.54, 1.807) is 0 Å². The average Bonchev–Trinajstić information content (AvgIpc) is 2.74. The van der Waals surface area contributed by atoms with E-state index in [2.05, 4.69) is 16.5 Å². The molecule has 1 aliphatic rings. The Kier molecular flexibility index (Phi) is 3.13. The molecule has 0 bridgehead atoms. The number of rotatable bonds is 3. The Morgan fingerprint density at radius 2 is 2.50 bits per heavy atom. The highest BCUT2D eigenvalue weighted by molar-refractivity contribution is 7.99. The van der Waals surface area contributed by atoms with Gasteiger partial charge in [0.2, 0.25) is 0 Å². The Balaban J connectivity index is 2.17. The van der Waals surface area contributed by atoms with Crippen LogP contribution in [0.15, 0.2) is 12.5 Å². The van der Waals surface area contributed by atoms with E-state index in [-0.39, 0.29) is 0 Å². The molecule has 2 rings (SSSR count). The average molecular weight is 211 g/mol. The molecule has 1 aliphatic heterocycles. The smallest absolute Gasteiger partial charge is 0.0951 e. The second kappa shape index (κ2) is 4.36. The van der Waals surface area contributed by atoms with Gasteiger partial charge < -0.3 is 10.3 Å². The summed E-state index contributed by atoms with van der Waals surface area (Å²) in [5.74, 6) is 3.24. The van der Waals surface area contributed by atoms with Crippen LogP contribution < -0.4 is 5.73 Å². The second-order valence-corrected chi connectivity index (χ2v) is 4.99. The zero-order chi connectivity index (χ0) is 9.97. The first-order valence-electron chi connectivity index (χ1n) is 5.11. The highest BCUT2D eigenvalue weighted by Gasteiger charge is 2.26. The normalized spacial score (nSPS) is 27.0. The maximum atomic E-state index is 5.58. The van der Waals surface area contributed by atoms with Gasteiger partial charge in [0, 0.05) is 30.1 Å². The largest absolute Gasteiger partial charge is 0.330 e. The summed E-state index contributed by atoms with van der Waals surface area (Å²) in [6, 6.07) is 0.629. The fraction of sp³-hybridized carbons (Fsp3) is 0.700. The number of nitrogens with two attached hydrogens (primary N) is 1. The molecule has 0 aliphatic carbocycles. The van der Waals surface area contributed by atoms with Gasteiger partial charge in [-0.15, -0.1) is 0 Å². The van der Waals surface area contributed by atoms with Crippen LogP contribution in [0.5, 0.6) is 0 Å². The van der Waals surface area contributed by atoms with E-state index >= 15 is 0 Å². The third kappa shape index (κ3) is 1.81. The molecule has 2 atom stereocenters. The lowest BCUT2D eigenvalue weighted by Gasteiger charge is -2.18. The molecule has 0 saturated carbocycles.